The Kier molecular flexibility index (Phi) is 4.18. The van der Waals surface area contributed by atoms with Gasteiger partial charge < -0.3 is 14.5 Å². The van der Waals surface area contributed by atoms with Gasteiger partial charge in [0.15, 0.2) is 0 Å². The maximum atomic E-state index is 12.1. The summed E-state index contributed by atoms with van der Waals surface area (Å²) >= 11 is 0. The summed E-state index contributed by atoms with van der Waals surface area (Å²) in [5.41, 5.74) is 0. The Bertz CT molecular complexity index is 613. The highest BCUT2D eigenvalue weighted by Crippen LogP contribution is 2.19. The predicted octanol–water partition coefficient (Wildman–Crippen LogP) is 0.418. The number of likely N-dealkylation sites (N-methyl/N-ethyl adjacent to an activating group) is 1. The maximum absolute atomic E-state index is 12.1. The third kappa shape index (κ3) is 3.28. The Balaban J connectivity index is 1.42. The zero-order valence-corrected chi connectivity index (χ0v) is 13.0. The molecule has 4 amide bonds. The van der Waals surface area contributed by atoms with Crippen molar-refractivity contribution in [1.82, 2.24) is 14.7 Å². The zero-order valence-electron chi connectivity index (χ0n) is 13.0. The van der Waals surface area contributed by atoms with Crippen molar-refractivity contribution in [3.8, 4) is 5.75 Å². The highest BCUT2D eigenvalue weighted by Gasteiger charge is 2.38. The van der Waals surface area contributed by atoms with E-state index in [-0.39, 0.29) is 30.8 Å². The average molecular weight is 317 g/mol. The number of carbonyl (C=O) groups excluding carboxylic acids is 3. The van der Waals surface area contributed by atoms with Gasteiger partial charge in [-0.15, -0.1) is 0 Å². The first-order valence-electron chi connectivity index (χ1n) is 7.55. The van der Waals surface area contributed by atoms with Gasteiger partial charge >= 0.3 is 6.03 Å². The number of para-hydroxylation sites is 1. The van der Waals surface area contributed by atoms with Crippen molar-refractivity contribution in [2.45, 2.75) is 0 Å². The molecule has 2 aliphatic heterocycles. The molecule has 2 aliphatic rings. The van der Waals surface area contributed by atoms with Gasteiger partial charge in [0.05, 0.1) is 6.61 Å². The van der Waals surface area contributed by atoms with Crippen LogP contribution in [0, 0.1) is 5.92 Å². The van der Waals surface area contributed by atoms with E-state index in [1.807, 2.05) is 30.3 Å². The quantitative estimate of drug-likeness (QED) is 0.738. The molecule has 0 saturated carbocycles. The molecule has 2 fully saturated rings. The molecular formula is C16H19N3O4. The number of urea groups is 1. The predicted molar refractivity (Wildman–Crippen MR) is 81.7 cm³/mol. The van der Waals surface area contributed by atoms with Crippen LogP contribution in [0.1, 0.15) is 0 Å². The summed E-state index contributed by atoms with van der Waals surface area (Å²) < 4.78 is 5.66. The maximum Gasteiger partial charge on any atom is 0.327 e. The number of ether oxygens (including phenoxy) is 1. The van der Waals surface area contributed by atoms with Crippen molar-refractivity contribution >= 4 is 17.8 Å². The molecule has 0 aromatic heterocycles. The fourth-order valence-corrected chi connectivity index (χ4v) is 2.67. The lowest BCUT2D eigenvalue weighted by Crippen LogP contribution is -2.55. The smallest absolute Gasteiger partial charge is 0.327 e. The minimum Gasteiger partial charge on any atom is -0.493 e. The number of amides is 4. The number of imide groups is 1. The van der Waals surface area contributed by atoms with Crippen LogP contribution in [0.2, 0.25) is 0 Å². The van der Waals surface area contributed by atoms with E-state index in [2.05, 4.69) is 0 Å². The molecular weight excluding hydrogens is 298 g/mol. The topological polar surface area (TPSA) is 70.2 Å². The molecule has 2 saturated heterocycles. The van der Waals surface area contributed by atoms with Crippen LogP contribution < -0.4 is 4.74 Å². The van der Waals surface area contributed by atoms with Gasteiger partial charge in [-0.05, 0) is 12.1 Å². The second kappa shape index (κ2) is 6.28. The molecule has 0 N–H and O–H groups in total. The van der Waals surface area contributed by atoms with Crippen LogP contribution in [0.3, 0.4) is 0 Å². The number of hydrogen-bond acceptors (Lipinski definition) is 4. The van der Waals surface area contributed by atoms with Crippen LogP contribution in [0.4, 0.5) is 4.79 Å². The molecule has 122 valence electrons. The zero-order chi connectivity index (χ0) is 16.4. The highest BCUT2D eigenvalue weighted by molar-refractivity contribution is 6.04. The van der Waals surface area contributed by atoms with Crippen molar-refractivity contribution in [2.24, 2.45) is 5.92 Å². The van der Waals surface area contributed by atoms with E-state index in [0.717, 1.165) is 10.6 Å². The van der Waals surface area contributed by atoms with E-state index in [0.29, 0.717) is 19.7 Å². The van der Waals surface area contributed by atoms with E-state index < -0.39 is 6.03 Å². The number of likely N-dealkylation sites (tertiary alicyclic amines) is 1. The van der Waals surface area contributed by atoms with Crippen LogP contribution >= 0.6 is 0 Å². The van der Waals surface area contributed by atoms with Gasteiger partial charge in [0, 0.05) is 26.1 Å². The highest BCUT2D eigenvalue weighted by atomic mass is 16.5. The second-order valence-corrected chi connectivity index (χ2v) is 5.91. The van der Waals surface area contributed by atoms with Crippen molar-refractivity contribution in [3.05, 3.63) is 30.3 Å². The number of nitrogens with zero attached hydrogens (tertiary/aromatic N) is 3. The van der Waals surface area contributed by atoms with Crippen molar-refractivity contribution < 1.29 is 19.1 Å². The molecule has 0 aliphatic carbocycles. The van der Waals surface area contributed by atoms with Gasteiger partial charge in [-0.2, -0.15) is 0 Å². The minimum absolute atomic E-state index is 0.0413. The number of benzene rings is 1. The molecule has 0 unspecified atom stereocenters. The third-order valence-electron chi connectivity index (χ3n) is 4.06. The Morgan fingerprint density at radius 3 is 2.52 bits per heavy atom. The molecule has 7 nitrogen and oxygen atoms in total. The van der Waals surface area contributed by atoms with E-state index in [1.165, 1.54) is 4.90 Å². The van der Waals surface area contributed by atoms with Crippen molar-refractivity contribution in [1.29, 1.82) is 0 Å². The van der Waals surface area contributed by atoms with Crippen LogP contribution in [0.15, 0.2) is 30.3 Å². The van der Waals surface area contributed by atoms with Crippen molar-refractivity contribution in [3.63, 3.8) is 0 Å². The lowest BCUT2D eigenvalue weighted by molar-refractivity contribution is -0.141. The molecule has 2 heterocycles. The Hall–Kier alpha value is -2.57. The summed E-state index contributed by atoms with van der Waals surface area (Å²) in [7, 11) is 1.55. The first-order chi connectivity index (χ1) is 11.0. The summed E-state index contributed by atoms with van der Waals surface area (Å²) in [6.45, 7) is 1.61. The fourth-order valence-electron chi connectivity index (χ4n) is 2.67. The monoisotopic (exact) mass is 317 g/mol. The summed E-state index contributed by atoms with van der Waals surface area (Å²) in [5.74, 6) is 0.577. The molecule has 3 rings (SSSR count). The first kappa shape index (κ1) is 15.3. The number of rotatable bonds is 5. The molecule has 1 aromatic rings. The second-order valence-electron chi connectivity index (χ2n) is 5.91. The molecule has 0 spiro atoms. The van der Waals surface area contributed by atoms with Gasteiger partial charge in [-0.1, -0.05) is 18.2 Å². The lowest BCUT2D eigenvalue weighted by atomic mass is 10.0. The summed E-state index contributed by atoms with van der Waals surface area (Å²) in [5, 5.41) is 0. The van der Waals surface area contributed by atoms with Crippen LogP contribution in [0.5, 0.6) is 5.75 Å². The molecule has 0 bridgehead atoms. The molecule has 23 heavy (non-hydrogen) atoms. The number of carbonyl (C=O) groups is 3. The fraction of sp³-hybridized carbons (Fsp3) is 0.438. The van der Waals surface area contributed by atoms with Crippen LogP contribution in [-0.2, 0) is 9.59 Å². The Morgan fingerprint density at radius 2 is 1.91 bits per heavy atom. The average Bonchev–Trinajstić information content (AvgIpc) is 2.73. The standard InChI is InChI=1S/C16H19N3O4/c1-17-9-15(21)19(16(17)22)10-14(20)18-7-12(8-18)11-23-13-5-3-2-4-6-13/h2-6,12H,7-11H2,1H3. The number of hydrogen-bond donors (Lipinski definition) is 0. The minimum atomic E-state index is -0.409. The summed E-state index contributed by atoms with van der Waals surface area (Å²) in [6, 6.07) is 9.12. The van der Waals surface area contributed by atoms with Crippen LogP contribution in [0.25, 0.3) is 0 Å². The van der Waals surface area contributed by atoms with E-state index in [9.17, 15) is 14.4 Å². The molecule has 7 heteroatoms. The largest absolute Gasteiger partial charge is 0.493 e. The first-order valence-corrected chi connectivity index (χ1v) is 7.55. The van der Waals surface area contributed by atoms with E-state index in [4.69, 9.17) is 4.74 Å². The van der Waals surface area contributed by atoms with Gasteiger partial charge in [-0.3, -0.25) is 14.5 Å². The van der Waals surface area contributed by atoms with E-state index >= 15 is 0 Å². The van der Waals surface area contributed by atoms with Crippen LogP contribution in [-0.4, -0.2) is 72.4 Å². The van der Waals surface area contributed by atoms with Gasteiger partial charge in [0.2, 0.25) is 5.91 Å². The summed E-state index contributed by atoms with van der Waals surface area (Å²) in [6.07, 6.45) is 0. The normalized spacial score (nSPS) is 18.4. The van der Waals surface area contributed by atoms with E-state index in [1.54, 1.807) is 11.9 Å². The molecule has 0 radical (unpaired) electrons. The SMILES string of the molecule is CN1CC(=O)N(CC(=O)N2CC(COc3ccccc3)C2)C1=O. The Labute approximate surface area is 134 Å². The Morgan fingerprint density at radius 1 is 1.22 bits per heavy atom. The van der Waals surface area contributed by atoms with Gasteiger partial charge in [0.1, 0.15) is 18.8 Å². The lowest BCUT2D eigenvalue weighted by Gasteiger charge is -2.39. The van der Waals surface area contributed by atoms with Crippen molar-refractivity contribution in [2.75, 3.05) is 39.8 Å². The van der Waals surface area contributed by atoms with Gasteiger partial charge in [-0.25, -0.2) is 4.79 Å². The molecule has 0 atom stereocenters. The van der Waals surface area contributed by atoms with Gasteiger partial charge in [0.25, 0.3) is 5.91 Å². The summed E-state index contributed by atoms with van der Waals surface area (Å²) in [4.78, 5) is 39.5. The third-order valence-corrected chi connectivity index (χ3v) is 4.06. The molecule has 1 aromatic carbocycles.